The Labute approximate surface area is 96.8 Å². The van der Waals surface area contributed by atoms with Crippen molar-refractivity contribution in [3.05, 3.63) is 33.9 Å². The molecule has 17 heavy (non-hydrogen) atoms. The first-order valence-corrected chi connectivity index (χ1v) is 4.85. The van der Waals surface area contributed by atoms with Crippen LogP contribution in [0.2, 0.25) is 0 Å². The molecule has 0 spiro atoms. The fourth-order valence-corrected chi connectivity index (χ4v) is 1.23. The van der Waals surface area contributed by atoms with Gasteiger partial charge in [0.1, 0.15) is 0 Å². The molecule has 0 aliphatic carbocycles. The molecule has 0 radical (unpaired) electrons. The van der Waals surface area contributed by atoms with Crippen LogP contribution in [0, 0.1) is 10.1 Å². The van der Waals surface area contributed by atoms with Crippen molar-refractivity contribution in [3.63, 3.8) is 0 Å². The summed E-state index contributed by atoms with van der Waals surface area (Å²) in [5.41, 5.74) is -0.242. The first-order chi connectivity index (χ1) is 7.91. The third kappa shape index (κ3) is 3.42. The monoisotopic (exact) mass is 240 g/mol. The van der Waals surface area contributed by atoms with Crippen LogP contribution >= 0.6 is 0 Å². The zero-order valence-electron chi connectivity index (χ0n) is 9.08. The van der Waals surface area contributed by atoms with Gasteiger partial charge in [-0.2, -0.15) is 0 Å². The summed E-state index contributed by atoms with van der Waals surface area (Å²) in [5, 5.41) is 31.2. The Kier molecular flexibility index (Phi) is 4.00. The molecule has 0 saturated carbocycles. The van der Waals surface area contributed by atoms with Crippen LogP contribution in [0.4, 0.5) is 11.4 Å². The van der Waals surface area contributed by atoms with Gasteiger partial charge in [-0.3, -0.25) is 10.1 Å². The van der Waals surface area contributed by atoms with Crippen molar-refractivity contribution in [3.8, 4) is 0 Å². The van der Waals surface area contributed by atoms with E-state index < -0.39 is 17.0 Å². The number of carboxylic acid groups (broad SMARTS) is 1. The topological polar surface area (TPSA) is 113 Å². The molecule has 0 aliphatic heterocycles. The van der Waals surface area contributed by atoms with Gasteiger partial charge in [-0.15, -0.1) is 0 Å². The average molecular weight is 240 g/mol. The number of nitro benzene ring substituents is 1. The molecule has 1 unspecified atom stereocenters. The molecule has 0 saturated heterocycles. The van der Waals surface area contributed by atoms with Crippen LogP contribution in [-0.2, 0) is 0 Å². The summed E-state index contributed by atoms with van der Waals surface area (Å²) in [6.07, 6.45) is -0.646. The minimum atomic E-state index is -1.26. The minimum absolute atomic E-state index is 0.165. The quantitative estimate of drug-likeness (QED) is 0.524. The molecule has 0 fully saturated rings. The molecule has 7 nitrogen and oxygen atoms in total. The van der Waals surface area contributed by atoms with Crippen molar-refractivity contribution in [2.75, 3.05) is 11.9 Å². The lowest BCUT2D eigenvalue weighted by molar-refractivity contribution is -0.384. The zero-order chi connectivity index (χ0) is 13.0. The number of carboxylic acids is 1. The highest BCUT2D eigenvalue weighted by Crippen LogP contribution is 2.22. The molecule has 0 aliphatic rings. The minimum Gasteiger partial charge on any atom is -0.478 e. The maximum absolute atomic E-state index is 10.9. The lowest BCUT2D eigenvalue weighted by Gasteiger charge is -2.10. The van der Waals surface area contributed by atoms with E-state index >= 15 is 0 Å². The van der Waals surface area contributed by atoms with Crippen molar-refractivity contribution < 1.29 is 19.9 Å². The van der Waals surface area contributed by atoms with Crippen molar-refractivity contribution in [2.45, 2.75) is 13.0 Å². The predicted octanol–water partition coefficient (Wildman–Crippen LogP) is 1.09. The van der Waals surface area contributed by atoms with Gasteiger partial charge in [0.05, 0.1) is 16.6 Å². The Morgan fingerprint density at radius 1 is 1.59 bits per heavy atom. The summed E-state index contributed by atoms with van der Waals surface area (Å²) < 4.78 is 0. The first kappa shape index (κ1) is 12.9. The Morgan fingerprint density at radius 2 is 2.24 bits per heavy atom. The largest absolute Gasteiger partial charge is 0.478 e. The lowest BCUT2D eigenvalue weighted by atomic mass is 10.1. The van der Waals surface area contributed by atoms with Crippen LogP contribution in [0.1, 0.15) is 17.3 Å². The van der Waals surface area contributed by atoms with Crippen LogP contribution < -0.4 is 5.32 Å². The van der Waals surface area contributed by atoms with E-state index in [0.717, 1.165) is 6.07 Å². The van der Waals surface area contributed by atoms with E-state index in [2.05, 4.69) is 5.32 Å². The first-order valence-electron chi connectivity index (χ1n) is 4.85. The van der Waals surface area contributed by atoms with Gasteiger partial charge in [-0.1, -0.05) is 0 Å². The van der Waals surface area contributed by atoms with E-state index in [1.807, 2.05) is 0 Å². The van der Waals surface area contributed by atoms with E-state index in [1.54, 1.807) is 6.92 Å². The molecule has 0 aromatic heterocycles. The number of aliphatic hydroxyl groups is 1. The summed E-state index contributed by atoms with van der Waals surface area (Å²) >= 11 is 0. The summed E-state index contributed by atoms with van der Waals surface area (Å²) in [4.78, 5) is 20.8. The van der Waals surface area contributed by atoms with E-state index in [0.29, 0.717) is 0 Å². The third-order valence-electron chi connectivity index (χ3n) is 2.03. The summed E-state index contributed by atoms with van der Waals surface area (Å²) in [6, 6.07) is 3.49. The maximum atomic E-state index is 10.9. The van der Waals surface area contributed by atoms with Crippen LogP contribution in [0.15, 0.2) is 18.2 Å². The molecular weight excluding hydrogens is 228 g/mol. The normalized spacial score (nSPS) is 11.9. The number of benzene rings is 1. The number of nitrogens with zero attached hydrogens (tertiary/aromatic N) is 1. The Balaban J connectivity index is 3.04. The number of nitrogens with one attached hydrogen (secondary N) is 1. The molecule has 3 N–H and O–H groups in total. The highest BCUT2D eigenvalue weighted by atomic mass is 16.6. The number of aliphatic hydroxyl groups excluding tert-OH is 1. The second-order valence-electron chi connectivity index (χ2n) is 3.52. The van der Waals surface area contributed by atoms with Crippen LogP contribution in [0.25, 0.3) is 0 Å². The van der Waals surface area contributed by atoms with Gasteiger partial charge in [0.25, 0.3) is 5.69 Å². The van der Waals surface area contributed by atoms with Crippen molar-refractivity contribution in [1.29, 1.82) is 0 Å². The highest BCUT2D eigenvalue weighted by Gasteiger charge is 2.15. The van der Waals surface area contributed by atoms with Crippen molar-refractivity contribution in [1.82, 2.24) is 0 Å². The maximum Gasteiger partial charge on any atom is 0.338 e. The fourth-order valence-electron chi connectivity index (χ4n) is 1.23. The molecule has 7 heteroatoms. The number of hydrogen-bond donors (Lipinski definition) is 3. The van der Waals surface area contributed by atoms with Gasteiger partial charge < -0.3 is 15.5 Å². The van der Waals surface area contributed by atoms with E-state index in [9.17, 15) is 14.9 Å². The number of aromatic carboxylic acids is 1. The Morgan fingerprint density at radius 3 is 2.71 bits per heavy atom. The second kappa shape index (κ2) is 5.26. The number of carbonyl (C=O) groups is 1. The molecule has 1 rings (SSSR count). The number of nitro groups is 1. The lowest BCUT2D eigenvalue weighted by Crippen LogP contribution is -2.17. The van der Waals surface area contributed by atoms with Crippen LogP contribution in [-0.4, -0.2) is 33.8 Å². The number of rotatable bonds is 5. The summed E-state index contributed by atoms with van der Waals surface area (Å²) in [7, 11) is 0. The molecule has 0 amide bonds. The van der Waals surface area contributed by atoms with Gasteiger partial charge in [0, 0.05) is 24.4 Å². The smallest absolute Gasteiger partial charge is 0.338 e. The molecule has 1 aromatic rings. The third-order valence-corrected chi connectivity index (χ3v) is 2.03. The fraction of sp³-hybridized carbons (Fsp3) is 0.300. The van der Waals surface area contributed by atoms with Gasteiger partial charge in [-0.25, -0.2) is 4.79 Å². The standard InChI is InChI=1S/C10H12N2O5/c1-6(13)5-11-9-3-2-7(12(16)17)4-8(9)10(14)15/h2-4,6,11,13H,5H2,1H3,(H,14,15). The van der Waals surface area contributed by atoms with Crippen LogP contribution in [0.3, 0.4) is 0 Å². The molecule has 0 bridgehead atoms. The number of anilines is 1. The predicted molar refractivity (Wildman–Crippen MR) is 60.2 cm³/mol. The molecule has 1 atom stereocenters. The van der Waals surface area contributed by atoms with E-state index in [-0.39, 0.29) is 23.5 Å². The van der Waals surface area contributed by atoms with Crippen LogP contribution in [0.5, 0.6) is 0 Å². The van der Waals surface area contributed by atoms with Gasteiger partial charge in [-0.05, 0) is 13.0 Å². The Bertz CT molecular complexity index is 444. The Hall–Kier alpha value is -2.15. The summed E-state index contributed by atoms with van der Waals surface area (Å²) in [5.74, 6) is -1.26. The zero-order valence-corrected chi connectivity index (χ0v) is 9.08. The average Bonchev–Trinajstić information content (AvgIpc) is 2.25. The SMILES string of the molecule is CC(O)CNc1ccc([N+](=O)[O-])cc1C(=O)O. The van der Waals surface area contributed by atoms with Gasteiger partial charge >= 0.3 is 5.97 Å². The van der Waals surface area contributed by atoms with E-state index in [4.69, 9.17) is 10.2 Å². The number of non-ortho nitro benzene ring substituents is 1. The van der Waals surface area contributed by atoms with Crippen molar-refractivity contribution >= 4 is 17.3 Å². The second-order valence-corrected chi connectivity index (χ2v) is 3.52. The molecule has 0 heterocycles. The van der Waals surface area contributed by atoms with Gasteiger partial charge in [0.15, 0.2) is 0 Å². The number of hydrogen-bond acceptors (Lipinski definition) is 5. The highest BCUT2D eigenvalue weighted by molar-refractivity contribution is 5.95. The molecular formula is C10H12N2O5. The van der Waals surface area contributed by atoms with Gasteiger partial charge in [0.2, 0.25) is 0 Å². The summed E-state index contributed by atoms with van der Waals surface area (Å²) in [6.45, 7) is 1.71. The molecule has 92 valence electrons. The molecule has 1 aromatic carbocycles. The van der Waals surface area contributed by atoms with E-state index in [1.165, 1.54) is 12.1 Å². The van der Waals surface area contributed by atoms with Crippen molar-refractivity contribution in [2.24, 2.45) is 0 Å².